The van der Waals surface area contributed by atoms with E-state index in [1.807, 2.05) is 6.08 Å². The Morgan fingerprint density at radius 2 is 1.27 bits per heavy atom. The van der Waals surface area contributed by atoms with E-state index in [1.54, 1.807) is 17.0 Å². The summed E-state index contributed by atoms with van der Waals surface area (Å²) in [4.78, 5) is 59.0. The average molecular weight is 565 g/mol. The number of benzene rings is 1. The van der Waals surface area contributed by atoms with Crippen molar-refractivity contribution >= 4 is 35.2 Å². The first-order chi connectivity index (χ1) is 19.4. The van der Waals surface area contributed by atoms with E-state index in [2.05, 4.69) is 0 Å². The molecule has 7 rings (SSSR count). The van der Waals surface area contributed by atoms with Crippen LogP contribution in [0.5, 0.6) is 5.75 Å². The van der Waals surface area contributed by atoms with Crippen molar-refractivity contribution in [2.45, 2.75) is 95.1 Å². The van der Waals surface area contributed by atoms with Gasteiger partial charge in [0.1, 0.15) is 5.75 Å². The third-order valence-electron chi connectivity index (χ3n) is 10.9. The molecule has 212 valence electrons. The number of hydrogen-bond donors (Lipinski definition) is 1. The van der Waals surface area contributed by atoms with Crippen LogP contribution in [-0.2, 0) is 19.2 Å². The summed E-state index contributed by atoms with van der Waals surface area (Å²) >= 11 is 6.41. The summed E-state index contributed by atoms with van der Waals surface area (Å²) < 4.78 is 0. The predicted molar refractivity (Wildman–Crippen MR) is 148 cm³/mol. The van der Waals surface area contributed by atoms with E-state index in [0.717, 1.165) is 69.8 Å². The van der Waals surface area contributed by atoms with Crippen LogP contribution in [0.15, 0.2) is 29.8 Å². The van der Waals surface area contributed by atoms with Crippen LogP contribution in [0, 0.1) is 29.6 Å². The number of halogens is 1. The van der Waals surface area contributed by atoms with Gasteiger partial charge in [-0.2, -0.15) is 0 Å². The Morgan fingerprint density at radius 1 is 0.700 bits per heavy atom. The summed E-state index contributed by atoms with van der Waals surface area (Å²) in [5.74, 6) is -3.49. The number of imide groups is 2. The van der Waals surface area contributed by atoms with E-state index in [4.69, 9.17) is 11.6 Å². The van der Waals surface area contributed by atoms with Gasteiger partial charge in [-0.3, -0.25) is 29.0 Å². The maximum atomic E-state index is 14.1. The van der Waals surface area contributed by atoms with Crippen molar-refractivity contribution in [3.05, 3.63) is 40.4 Å². The summed E-state index contributed by atoms with van der Waals surface area (Å²) in [6, 6.07) is 4.72. The fraction of sp³-hybridized carbons (Fsp3) is 0.625. The van der Waals surface area contributed by atoms with Gasteiger partial charge < -0.3 is 5.11 Å². The molecule has 0 spiro atoms. The quantitative estimate of drug-likeness (QED) is 0.394. The molecule has 4 aliphatic carbocycles. The molecule has 6 unspecified atom stereocenters. The summed E-state index contributed by atoms with van der Waals surface area (Å²) in [5, 5.41) is 11.5. The topological polar surface area (TPSA) is 95.0 Å². The van der Waals surface area contributed by atoms with Crippen molar-refractivity contribution in [1.29, 1.82) is 0 Å². The molecule has 2 saturated heterocycles. The molecule has 4 amide bonds. The van der Waals surface area contributed by atoms with E-state index in [9.17, 15) is 24.3 Å². The number of phenolic OH excluding ortho intramolecular Hbond substituents is 1. The first-order valence-corrected chi connectivity index (χ1v) is 15.7. The molecule has 0 aromatic heterocycles. The Morgan fingerprint density at radius 3 is 1.90 bits per heavy atom. The SMILES string of the molecule is O=C1C2CC=C3C(CC4C(=O)N(C5CCCCC5)C(=O)C4C3c3cc(Cl)ccc3O)C2C(=O)N1C1CCCCC1. The Hall–Kier alpha value is -2.67. The minimum Gasteiger partial charge on any atom is -0.508 e. The number of carbonyl (C=O) groups excluding carboxylic acids is 4. The molecule has 6 atom stereocenters. The second-order valence-corrected chi connectivity index (χ2v) is 13.3. The third-order valence-corrected chi connectivity index (χ3v) is 11.2. The first-order valence-electron chi connectivity index (χ1n) is 15.3. The van der Waals surface area contributed by atoms with Crippen LogP contribution < -0.4 is 0 Å². The molecular weight excluding hydrogens is 528 g/mol. The number of allylic oxidation sites excluding steroid dienone is 2. The van der Waals surface area contributed by atoms with E-state index >= 15 is 0 Å². The summed E-state index contributed by atoms with van der Waals surface area (Å²) in [6.45, 7) is 0. The molecule has 40 heavy (non-hydrogen) atoms. The van der Waals surface area contributed by atoms with E-state index < -0.39 is 29.6 Å². The van der Waals surface area contributed by atoms with Gasteiger partial charge in [0, 0.05) is 28.6 Å². The number of likely N-dealkylation sites (tertiary alicyclic amines) is 2. The van der Waals surface area contributed by atoms with Crippen molar-refractivity contribution in [3.8, 4) is 5.75 Å². The highest BCUT2D eigenvalue weighted by molar-refractivity contribution is 6.30. The normalized spacial score (nSPS) is 35.1. The number of aromatic hydroxyl groups is 1. The lowest BCUT2D eigenvalue weighted by molar-refractivity contribution is -0.145. The van der Waals surface area contributed by atoms with Crippen LogP contribution in [0.4, 0.5) is 0 Å². The lowest BCUT2D eigenvalue weighted by atomic mass is 9.57. The number of amides is 4. The van der Waals surface area contributed by atoms with Gasteiger partial charge >= 0.3 is 0 Å². The van der Waals surface area contributed by atoms with Gasteiger partial charge in [-0.15, -0.1) is 0 Å². The molecule has 1 aromatic rings. The monoisotopic (exact) mass is 564 g/mol. The molecule has 1 aromatic carbocycles. The van der Waals surface area contributed by atoms with Gasteiger partial charge in [0.15, 0.2) is 0 Å². The molecular formula is C32H37ClN2O5. The minimum absolute atomic E-state index is 0.0332. The predicted octanol–water partition coefficient (Wildman–Crippen LogP) is 5.35. The van der Waals surface area contributed by atoms with Crippen LogP contribution in [0.2, 0.25) is 5.02 Å². The van der Waals surface area contributed by atoms with Crippen molar-refractivity contribution in [1.82, 2.24) is 9.80 Å². The largest absolute Gasteiger partial charge is 0.508 e. The van der Waals surface area contributed by atoms with Crippen molar-refractivity contribution in [2.24, 2.45) is 29.6 Å². The molecule has 0 bridgehead atoms. The standard InChI is InChI=1S/C32H37ClN2O5/c33-17-11-14-25(36)23(15-17)26-20-12-13-21-27(31(39)34(29(21)37)18-7-3-1-4-8-18)22(20)16-24-28(26)32(40)35(30(24)38)19-9-5-2-6-10-19/h11-12,14-15,18-19,21-22,24,26-28,36H,1-10,13,16H2. The van der Waals surface area contributed by atoms with E-state index in [1.165, 1.54) is 11.0 Å². The maximum Gasteiger partial charge on any atom is 0.234 e. The summed E-state index contributed by atoms with van der Waals surface area (Å²) in [6.07, 6.45) is 12.5. The Kier molecular flexibility index (Phi) is 6.56. The van der Waals surface area contributed by atoms with Crippen LogP contribution in [0.3, 0.4) is 0 Å². The molecule has 1 N–H and O–H groups in total. The maximum absolute atomic E-state index is 14.1. The molecule has 3 saturated carbocycles. The molecule has 2 heterocycles. The molecule has 5 fully saturated rings. The van der Waals surface area contributed by atoms with Gasteiger partial charge in [-0.1, -0.05) is 61.8 Å². The minimum atomic E-state index is -0.639. The fourth-order valence-corrected chi connectivity index (χ4v) is 9.34. The number of carbonyl (C=O) groups is 4. The van der Waals surface area contributed by atoms with Gasteiger partial charge in [0.2, 0.25) is 23.6 Å². The number of nitrogens with zero attached hydrogens (tertiary/aromatic N) is 2. The van der Waals surface area contributed by atoms with E-state index in [0.29, 0.717) is 23.4 Å². The van der Waals surface area contributed by atoms with Crippen LogP contribution in [0.25, 0.3) is 0 Å². The van der Waals surface area contributed by atoms with Crippen LogP contribution in [-0.4, -0.2) is 50.6 Å². The van der Waals surface area contributed by atoms with Crippen LogP contribution >= 0.6 is 11.6 Å². The smallest absolute Gasteiger partial charge is 0.234 e. The van der Waals surface area contributed by atoms with Crippen molar-refractivity contribution < 1.29 is 24.3 Å². The molecule has 0 radical (unpaired) electrons. The highest BCUT2D eigenvalue weighted by atomic mass is 35.5. The number of hydrogen-bond acceptors (Lipinski definition) is 5. The molecule has 8 heteroatoms. The Bertz CT molecular complexity index is 1300. The highest BCUT2D eigenvalue weighted by Gasteiger charge is 2.63. The molecule has 6 aliphatic rings. The number of rotatable bonds is 3. The lowest BCUT2D eigenvalue weighted by Crippen LogP contribution is -2.44. The van der Waals surface area contributed by atoms with Gasteiger partial charge in [-0.25, -0.2) is 0 Å². The first kappa shape index (κ1) is 26.2. The van der Waals surface area contributed by atoms with E-state index in [-0.39, 0.29) is 47.4 Å². The molecule has 7 nitrogen and oxygen atoms in total. The zero-order valence-corrected chi connectivity index (χ0v) is 23.5. The van der Waals surface area contributed by atoms with Crippen molar-refractivity contribution in [3.63, 3.8) is 0 Å². The summed E-state index contributed by atoms with van der Waals surface area (Å²) in [7, 11) is 0. The second kappa shape index (κ2) is 10.0. The van der Waals surface area contributed by atoms with Gasteiger partial charge in [-0.05, 0) is 62.6 Å². The van der Waals surface area contributed by atoms with Gasteiger partial charge in [0.05, 0.1) is 23.7 Å². The zero-order chi connectivity index (χ0) is 27.7. The average Bonchev–Trinajstić information content (AvgIpc) is 3.38. The highest BCUT2D eigenvalue weighted by Crippen LogP contribution is 2.59. The van der Waals surface area contributed by atoms with Crippen LogP contribution in [0.1, 0.15) is 88.5 Å². The summed E-state index contributed by atoms with van der Waals surface area (Å²) in [5.41, 5.74) is 1.45. The Balaban J connectivity index is 1.30. The molecule has 2 aliphatic heterocycles. The van der Waals surface area contributed by atoms with Gasteiger partial charge in [0.25, 0.3) is 0 Å². The number of phenols is 1. The number of fused-ring (bicyclic) bond motifs is 4. The van der Waals surface area contributed by atoms with Crippen molar-refractivity contribution in [2.75, 3.05) is 0 Å². The third kappa shape index (κ3) is 3.90. The Labute approximate surface area is 239 Å². The lowest BCUT2D eigenvalue weighted by Gasteiger charge is -2.44. The zero-order valence-electron chi connectivity index (χ0n) is 22.8. The second-order valence-electron chi connectivity index (χ2n) is 12.9. The fourth-order valence-electron chi connectivity index (χ4n) is 9.16.